The predicted molar refractivity (Wildman–Crippen MR) is 98.1 cm³/mol. The van der Waals surface area contributed by atoms with Gasteiger partial charge in [-0.3, -0.25) is 0 Å². The summed E-state index contributed by atoms with van der Waals surface area (Å²) < 4.78 is 0. The van der Waals surface area contributed by atoms with Gasteiger partial charge < -0.3 is 39.6 Å². The molecule has 0 aromatic heterocycles. The zero-order valence-electron chi connectivity index (χ0n) is 18.1. The molecule has 9 heteroatoms. The first kappa shape index (κ1) is 38.2. The first-order valence-electron chi connectivity index (χ1n) is 9.88. The van der Waals surface area contributed by atoms with Gasteiger partial charge in [-0.2, -0.15) is 0 Å². The van der Waals surface area contributed by atoms with Crippen LogP contribution in [0, 0.1) is 0 Å². The standard InChI is InChI=1S/4C5H10O2.Re/c4*1-2-3-4-5(6)7;/h4*2-4H2,1H3,(H,6,7);/p-4. The molecule has 8 nitrogen and oxygen atoms in total. The van der Waals surface area contributed by atoms with Gasteiger partial charge in [0.2, 0.25) is 0 Å². The van der Waals surface area contributed by atoms with Crippen LogP contribution in [0.5, 0.6) is 0 Å². The summed E-state index contributed by atoms with van der Waals surface area (Å²) in [6, 6.07) is 0. The average molecular weight is 591 g/mol. The van der Waals surface area contributed by atoms with Crippen LogP contribution in [0.1, 0.15) is 105 Å². The van der Waals surface area contributed by atoms with Crippen molar-refractivity contribution < 1.29 is 60.0 Å². The third kappa shape index (κ3) is 75.6. The van der Waals surface area contributed by atoms with Crippen LogP contribution >= 0.6 is 0 Å². The molecule has 0 saturated heterocycles. The number of carboxylic acid groups (broad SMARTS) is 4. The van der Waals surface area contributed by atoms with Gasteiger partial charge in [0.15, 0.2) is 0 Å². The molecule has 0 atom stereocenters. The maximum Gasteiger partial charge on any atom is 0.0414 e. The van der Waals surface area contributed by atoms with Gasteiger partial charge in [0.25, 0.3) is 0 Å². The van der Waals surface area contributed by atoms with E-state index >= 15 is 0 Å². The number of carbonyl (C=O) groups is 4. The molecule has 0 aromatic carbocycles. The average Bonchev–Trinajstić information content (AvgIpc) is 2.62. The van der Waals surface area contributed by atoms with E-state index in [0.717, 1.165) is 51.4 Å². The summed E-state index contributed by atoms with van der Waals surface area (Å²) in [4.78, 5) is 38.6. The molecule has 0 aliphatic heterocycles. The second-order valence-electron chi connectivity index (χ2n) is 5.90. The number of aliphatic carboxylic acids is 4. The smallest absolute Gasteiger partial charge is 0.0414 e. The van der Waals surface area contributed by atoms with E-state index in [1.165, 1.54) is 0 Å². The normalized spacial score (nSPS) is 8.41. The van der Waals surface area contributed by atoms with Crippen molar-refractivity contribution in [2.45, 2.75) is 105 Å². The Bertz CT molecular complexity index is 315. The second kappa shape index (κ2) is 34.1. The Morgan fingerprint density at radius 3 is 0.621 bits per heavy atom. The minimum absolute atomic E-state index is 0. The number of hydrogen-bond donors (Lipinski definition) is 0. The minimum Gasteiger partial charge on any atom is -0.550 e. The first-order valence-corrected chi connectivity index (χ1v) is 9.88. The second-order valence-corrected chi connectivity index (χ2v) is 5.90. The Hall–Kier alpha value is -1.46. The summed E-state index contributed by atoms with van der Waals surface area (Å²) in [6.45, 7) is 7.79. The van der Waals surface area contributed by atoms with Gasteiger partial charge in [0, 0.05) is 44.3 Å². The molecule has 0 heterocycles. The molecule has 0 amide bonds. The molecule has 0 unspecified atom stereocenters. The third-order valence-corrected chi connectivity index (χ3v) is 2.94. The Balaban J connectivity index is -0.0000000873. The van der Waals surface area contributed by atoms with Gasteiger partial charge in [-0.05, 0) is 51.4 Å². The van der Waals surface area contributed by atoms with Crippen molar-refractivity contribution in [1.29, 1.82) is 0 Å². The molecular weight excluding hydrogens is 554 g/mol. The fourth-order valence-corrected chi connectivity index (χ4v) is 1.28. The molecule has 0 saturated carbocycles. The molecule has 1 radical (unpaired) electrons. The third-order valence-electron chi connectivity index (χ3n) is 2.94. The summed E-state index contributed by atoms with van der Waals surface area (Å²) in [5, 5.41) is 38.6. The topological polar surface area (TPSA) is 161 Å². The minimum atomic E-state index is -0.943. The van der Waals surface area contributed by atoms with Crippen LogP contribution in [0.15, 0.2) is 0 Å². The quantitative estimate of drug-likeness (QED) is 0.300. The van der Waals surface area contributed by atoms with Crippen molar-refractivity contribution in [3.8, 4) is 0 Å². The van der Waals surface area contributed by atoms with Crippen molar-refractivity contribution in [2.75, 3.05) is 0 Å². The SMILES string of the molecule is CCCCC(=O)[O-].CCCCC(=O)[O-].CCCCC(=O)[O-].CCCCC(=O)[O-].[Re]. The first-order chi connectivity index (χ1) is 13.1. The van der Waals surface area contributed by atoms with E-state index in [9.17, 15) is 39.6 Å². The van der Waals surface area contributed by atoms with Crippen molar-refractivity contribution in [2.24, 2.45) is 0 Å². The fourth-order valence-electron chi connectivity index (χ4n) is 1.28. The van der Waals surface area contributed by atoms with Gasteiger partial charge in [-0.25, -0.2) is 0 Å². The molecule has 0 aliphatic rings. The number of carboxylic acids is 4. The van der Waals surface area contributed by atoms with Gasteiger partial charge in [0.05, 0.1) is 0 Å². The fraction of sp³-hybridized carbons (Fsp3) is 0.800. The maximum absolute atomic E-state index is 9.65. The van der Waals surface area contributed by atoms with Crippen LogP contribution in [0.25, 0.3) is 0 Å². The van der Waals surface area contributed by atoms with Crippen molar-refractivity contribution in [1.82, 2.24) is 0 Å². The number of rotatable bonds is 12. The Morgan fingerprint density at radius 1 is 0.448 bits per heavy atom. The summed E-state index contributed by atoms with van der Waals surface area (Å²) in [5.41, 5.74) is 0. The van der Waals surface area contributed by atoms with Crippen LogP contribution in [-0.2, 0) is 39.6 Å². The van der Waals surface area contributed by atoms with E-state index < -0.39 is 23.9 Å². The van der Waals surface area contributed by atoms with Gasteiger partial charge in [-0.15, -0.1) is 0 Å². The summed E-state index contributed by atoms with van der Waals surface area (Å²) in [6.07, 6.45) is 7.47. The van der Waals surface area contributed by atoms with Gasteiger partial charge in [0.1, 0.15) is 0 Å². The van der Waals surface area contributed by atoms with Gasteiger partial charge >= 0.3 is 0 Å². The van der Waals surface area contributed by atoms with E-state index in [1.807, 2.05) is 27.7 Å². The molecule has 0 rings (SSSR count). The predicted octanol–water partition coefficient (Wildman–Crippen LogP) is -0.296. The Morgan fingerprint density at radius 2 is 0.586 bits per heavy atom. The largest absolute Gasteiger partial charge is 0.550 e. The molecule has 0 spiro atoms. The Labute approximate surface area is 188 Å². The summed E-state index contributed by atoms with van der Waals surface area (Å²) in [7, 11) is 0. The van der Waals surface area contributed by atoms with Crippen LogP contribution in [0.4, 0.5) is 0 Å². The Kier molecular flexibility index (Phi) is 44.9. The van der Waals surface area contributed by atoms with E-state index in [0.29, 0.717) is 0 Å². The van der Waals surface area contributed by atoms with Gasteiger partial charge in [-0.1, -0.05) is 53.4 Å². The maximum atomic E-state index is 9.65. The summed E-state index contributed by atoms with van der Waals surface area (Å²) >= 11 is 0. The van der Waals surface area contributed by atoms with Crippen LogP contribution in [-0.4, -0.2) is 23.9 Å². The molecule has 0 aromatic rings. The zero-order chi connectivity index (χ0) is 22.8. The number of hydrogen-bond acceptors (Lipinski definition) is 8. The van der Waals surface area contributed by atoms with Crippen LogP contribution < -0.4 is 20.4 Å². The van der Waals surface area contributed by atoms with E-state index in [4.69, 9.17) is 0 Å². The van der Waals surface area contributed by atoms with E-state index in [-0.39, 0.29) is 46.1 Å². The van der Waals surface area contributed by atoms with Crippen molar-refractivity contribution >= 4 is 23.9 Å². The molecule has 0 N–H and O–H groups in total. The van der Waals surface area contributed by atoms with Crippen LogP contribution in [0.3, 0.4) is 0 Å². The van der Waals surface area contributed by atoms with Crippen LogP contribution in [0.2, 0.25) is 0 Å². The molecule has 29 heavy (non-hydrogen) atoms. The van der Waals surface area contributed by atoms with E-state index in [1.54, 1.807) is 0 Å². The number of carbonyl (C=O) groups excluding carboxylic acids is 4. The monoisotopic (exact) mass is 591 g/mol. The molecule has 0 aliphatic carbocycles. The zero-order valence-corrected chi connectivity index (χ0v) is 20.8. The molecule has 175 valence electrons. The summed E-state index contributed by atoms with van der Waals surface area (Å²) in [5.74, 6) is -3.77. The van der Waals surface area contributed by atoms with Crippen molar-refractivity contribution in [3.05, 3.63) is 0 Å². The number of unbranched alkanes of at least 4 members (excludes halogenated alkanes) is 4. The molecule has 0 fully saturated rings. The van der Waals surface area contributed by atoms with Crippen molar-refractivity contribution in [3.63, 3.8) is 0 Å². The molecular formula is C20H36O8Re-4. The molecule has 0 bridgehead atoms. The van der Waals surface area contributed by atoms with E-state index in [2.05, 4.69) is 0 Å².